The molecule has 86 valence electrons. The third-order valence-corrected chi connectivity index (χ3v) is 4.56. The highest BCUT2D eigenvalue weighted by Crippen LogP contribution is 2.33. The van der Waals surface area contributed by atoms with Crippen molar-refractivity contribution in [3.8, 4) is 0 Å². The first-order valence-electron chi connectivity index (χ1n) is 4.78. The first-order chi connectivity index (χ1) is 6.43. The fourth-order valence-electron chi connectivity index (χ4n) is 1.13. The highest BCUT2D eigenvalue weighted by atomic mass is 31.1. The van der Waals surface area contributed by atoms with E-state index < -0.39 is 22.7 Å². The molecule has 0 radical (unpaired) electrons. The zero-order valence-electron chi connectivity index (χ0n) is 9.59. The molecular formula is C8H21O4PSi. The highest BCUT2D eigenvalue weighted by Gasteiger charge is 2.47. The van der Waals surface area contributed by atoms with Crippen molar-refractivity contribution < 1.29 is 18.9 Å². The smallest absolute Gasteiger partial charge is 0.260 e. The lowest BCUT2D eigenvalue weighted by molar-refractivity contribution is -0.287. The van der Waals surface area contributed by atoms with Crippen LogP contribution in [0.15, 0.2) is 0 Å². The number of hydrogen-bond acceptors (Lipinski definition) is 4. The number of rotatable bonds is 7. The fourth-order valence-corrected chi connectivity index (χ4v) is 3.88. The molecule has 0 aliphatic rings. The Bertz CT molecular complexity index is 143. The maximum Gasteiger partial charge on any atom is 0.260 e. The molecule has 0 saturated carbocycles. The first-order valence-corrected chi connectivity index (χ1v) is 9.14. The van der Waals surface area contributed by atoms with Gasteiger partial charge in [-0.05, 0) is 13.8 Å². The SMILES string of the molecule is CCOC(OCC)(OPO)[Si](C)(C)C. The Labute approximate surface area is 88.9 Å². The topological polar surface area (TPSA) is 47.9 Å². The molecule has 0 aliphatic carbocycles. The molecule has 0 fully saturated rings. The molecule has 0 spiro atoms. The van der Waals surface area contributed by atoms with Crippen molar-refractivity contribution in [3.63, 3.8) is 0 Å². The molecule has 0 amide bonds. The second kappa shape index (κ2) is 6.15. The average molecular weight is 240 g/mol. The van der Waals surface area contributed by atoms with Gasteiger partial charge in [-0.2, -0.15) is 0 Å². The standard InChI is InChI=1S/C8H21O4PSi/c1-6-10-8(11-7-2,12-13-9)14(3,4)5/h9,13H,6-7H2,1-5H3. The van der Waals surface area contributed by atoms with E-state index in [4.69, 9.17) is 18.9 Å². The van der Waals surface area contributed by atoms with Crippen molar-refractivity contribution in [2.45, 2.75) is 39.1 Å². The summed E-state index contributed by atoms with van der Waals surface area (Å²) in [5.41, 5.74) is -1.01. The van der Waals surface area contributed by atoms with Crippen molar-refractivity contribution >= 4 is 17.1 Å². The molecule has 0 aromatic rings. The zero-order chi connectivity index (χ0) is 11.2. The van der Waals surface area contributed by atoms with E-state index in [1.807, 2.05) is 13.8 Å². The molecule has 14 heavy (non-hydrogen) atoms. The Hall–Kier alpha value is 0.487. The van der Waals surface area contributed by atoms with Crippen LogP contribution in [-0.4, -0.2) is 31.8 Å². The average Bonchev–Trinajstić information content (AvgIpc) is 2.03. The van der Waals surface area contributed by atoms with E-state index in [1.165, 1.54) is 0 Å². The molecular weight excluding hydrogens is 219 g/mol. The van der Waals surface area contributed by atoms with Crippen LogP contribution in [0.3, 0.4) is 0 Å². The molecule has 0 bridgehead atoms. The van der Waals surface area contributed by atoms with E-state index in [9.17, 15) is 0 Å². The monoisotopic (exact) mass is 240 g/mol. The van der Waals surface area contributed by atoms with Gasteiger partial charge in [-0.3, -0.25) is 4.52 Å². The second-order valence-electron chi connectivity index (χ2n) is 3.87. The van der Waals surface area contributed by atoms with E-state index in [0.29, 0.717) is 13.2 Å². The minimum Gasteiger partial charge on any atom is -0.352 e. The van der Waals surface area contributed by atoms with Crippen molar-refractivity contribution in [1.82, 2.24) is 0 Å². The van der Waals surface area contributed by atoms with Gasteiger partial charge in [0, 0.05) is 13.2 Å². The Kier molecular flexibility index (Phi) is 6.37. The summed E-state index contributed by atoms with van der Waals surface area (Å²) in [6.07, 6.45) is 0. The molecule has 6 heteroatoms. The Morgan fingerprint density at radius 3 is 1.79 bits per heavy atom. The fraction of sp³-hybridized carbons (Fsp3) is 1.00. The maximum atomic E-state index is 8.89. The minimum absolute atomic E-state index is 0.509. The largest absolute Gasteiger partial charge is 0.352 e. The van der Waals surface area contributed by atoms with Crippen LogP contribution in [0.5, 0.6) is 0 Å². The number of hydrogen-bond donors (Lipinski definition) is 1. The first kappa shape index (κ1) is 14.5. The summed E-state index contributed by atoms with van der Waals surface area (Å²) in [5, 5.41) is 0. The molecule has 0 rings (SSSR count). The third-order valence-electron chi connectivity index (χ3n) is 1.77. The van der Waals surface area contributed by atoms with Gasteiger partial charge >= 0.3 is 0 Å². The highest BCUT2D eigenvalue weighted by molar-refractivity contribution is 7.25. The van der Waals surface area contributed by atoms with Crippen molar-refractivity contribution in [3.05, 3.63) is 0 Å². The van der Waals surface area contributed by atoms with Crippen molar-refractivity contribution in [1.29, 1.82) is 0 Å². The van der Waals surface area contributed by atoms with Crippen LogP contribution in [-0.2, 0) is 14.0 Å². The van der Waals surface area contributed by atoms with E-state index >= 15 is 0 Å². The molecule has 0 saturated heterocycles. The van der Waals surface area contributed by atoms with Crippen LogP contribution in [0.25, 0.3) is 0 Å². The summed E-state index contributed by atoms with van der Waals surface area (Å²) in [7, 11) is -2.43. The van der Waals surface area contributed by atoms with Gasteiger partial charge in [0.25, 0.3) is 5.60 Å². The lowest BCUT2D eigenvalue weighted by atomic mass is 10.8. The normalized spacial score (nSPS) is 14.1. The van der Waals surface area contributed by atoms with Gasteiger partial charge < -0.3 is 14.4 Å². The quantitative estimate of drug-likeness (QED) is 0.420. The van der Waals surface area contributed by atoms with Crippen molar-refractivity contribution in [2.75, 3.05) is 13.2 Å². The lowest BCUT2D eigenvalue weighted by Gasteiger charge is -2.40. The summed E-state index contributed by atoms with van der Waals surface area (Å²) >= 11 is 0. The van der Waals surface area contributed by atoms with E-state index in [2.05, 4.69) is 19.6 Å². The summed E-state index contributed by atoms with van der Waals surface area (Å²) in [6.45, 7) is 11.0. The van der Waals surface area contributed by atoms with E-state index in [1.54, 1.807) is 0 Å². The van der Waals surface area contributed by atoms with Crippen LogP contribution >= 0.6 is 9.03 Å². The van der Waals surface area contributed by atoms with Crippen LogP contribution < -0.4 is 0 Å². The molecule has 0 heterocycles. The van der Waals surface area contributed by atoms with Gasteiger partial charge in [-0.25, -0.2) is 0 Å². The summed E-state index contributed by atoms with van der Waals surface area (Å²) < 4.78 is 16.4. The molecule has 4 nitrogen and oxygen atoms in total. The van der Waals surface area contributed by atoms with Gasteiger partial charge in [-0.1, -0.05) is 19.6 Å². The van der Waals surface area contributed by atoms with Crippen LogP contribution in [0, 0.1) is 0 Å². The van der Waals surface area contributed by atoms with Crippen LogP contribution in [0.4, 0.5) is 0 Å². The lowest BCUT2D eigenvalue weighted by Crippen LogP contribution is -2.57. The van der Waals surface area contributed by atoms with E-state index in [0.717, 1.165) is 0 Å². The molecule has 1 N–H and O–H groups in total. The van der Waals surface area contributed by atoms with Gasteiger partial charge in [0.1, 0.15) is 0 Å². The second-order valence-corrected chi connectivity index (χ2v) is 9.36. The van der Waals surface area contributed by atoms with Gasteiger partial charge in [0.05, 0.1) is 0 Å². The van der Waals surface area contributed by atoms with Gasteiger partial charge in [-0.15, -0.1) is 0 Å². The predicted octanol–water partition coefficient (Wildman–Crippen LogP) is 2.11. The van der Waals surface area contributed by atoms with Crippen molar-refractivity contribution in [2.24, 2.45) is 0 Å². The molecule has 0 aromatic carbocycles. The molecule has 0 aromatic heterocycles. The molecule has 0 aliphatic heterocycles. The summed E-state index contributed by atoms with van der Waals surface area (Å²) in [4.78, 5) is 8.89. The van der Waals surface area contributed by atoms with Crippen LogP contribution in [0.1, 0.15) is 13.8 Å². The zero-order valence-corrected chi connectivity index (χ0v) is 11.6. The third kappa shape index (κ3) is 3.57. The Balaban J connectivity index is 4.73. The maximum absolute atomic E-state index is 8.89. The number of ether oxygens (including phenoxy) is 2. The van der Waals surface area contributed by atoms with Gasteiger partial charge in [0.2, 0.25) is 0 Å². The predicted molar refractivity (Wildman–Crippen MR) is 60.9 cm³/mol. The molecule has 1 unspecified atom stereocenters. The molecule has 1 atom stereocenters. The van der Waals surface area contributed by atoms with Gasteiger partial charge in [0.15, 0.2) is 17.1 Å². The Morgan fingerprint density at radius 2 is 1.57 bits per heavy atom. The minimum atomic E-state index is -1.82. The summed E-state index contributed by atoms with van der Waals surface area (Å²) in [6, 6.07) is 0. The summed E-state index contributed by atoms with van der Waals surface area (Å²) in [5.74, 6) is 0. The Morgan fingerprint density at radius 1 is 1.14 bits per heavy atom. The van der Waals surface area contributed by atoms with E-state index in [-0.39, 0.29) is 0 Å². The van der Waals surface area contributed by atoms with Crippen LogP contribution in [0.2, 0.25) is 19.6 Å².